The molecule has 2 rings (SSSR count). The standard InChI is InChI=1S/C15H26N4O2.ClH/c1-3-12(4-2)13-11-14(21-18-13)15(20)17-7-10-19-8-5-16-6-9-19;/h11-12,16H,3-10H2,1-2H3,(H,17,20);1H. The van der Waals surface area contributed by atoms with E-state index in [1.807, 2.05) is 0 Å². The Balaban J connectivity index is 0.00000242. The average molecular weight is 331 g/mol. The molecule has 2 heterocycles. The molecule has 1 fully saturated rings. The van der Waals surface area contributed by atoms with Crippen LogP contribution in [0.5, 0.6) is 0 Å². The molecule has 1 aliphatic heterocycles. The first-order valence-corrected chi connectivity index (χ1v) is 7.92. The SMILES string of the molecule is CCC(CC)c1cc(C(=O)NCCN2CCNCC2)on1.Cl. The number of hydrogen-bond donors (Lipinski definition) is 2. The summed E-state index contributed by atoms with van der Waals surface area (Å²) >= 11 is 0. The normalized spacial score (nSPS) is 15.6. The van der Waals surface area contributed by atoms with Crippen molar-refractivity contribution in [3.8, 4) is 0 Å². The third kappa shape index (κ3) is 5.26. The predicted octanol–water partition coefficient (Wildman–Crippen LogP) is 1.64. The summed E-state index contributed by atoms with van der Waals surface area (Å²) in [5.74, 6) is 0.517. The van der Waals surface area contributed by atoms with Gasteiger partial charge >= 0.3 is 0 Å². The van der Waals surface area contributed by atoms with Gasteiger partial charge in [-0.2, -0.15) is 0 Å². The Labute approximate surface area is 138 Å². The molecule has 1 aromatic heterocycles. The van der Waals surface area contributed by atoms with Crippen molar-refractivity contribution in [1.29, 1.82) is 0 Å². The van der Waals surface area contributed by atoms with E-state index in [-0.39, 0.29) is 18.3 Å². The van der Waals surface area contributed by atoms with E-state index in [4.69, 9.17) is 4.52 Å². The number of rotatable bonds is 7. The van der Waals surface area contributed by atoms with Gasteiger partial charge in [0.1, 0.15) is 0 Å². The van der Waals surface area contributed by atoms with Gasteiger partial charge in [0.05, 0.1) is 5.69 Å². The average Bonchev–Trinajstić information content (AvgIpc) is 2.99. The Bertz CT molecular complexity index is 443. The summed E-state index contributed by atoms with van der Waals surface area (Å²) in [6, 6.07) is 1.78. The Kier molecular flexibility index (Phi) is 8.45. The highest BCUT2D eigenvalue weighted by molar-refractivity contribution is 5.91. The lowest BCUT2D eigenvalue weighted by molar-refractivity contribution is 0.0910. The zero-order valence-electron chi connectivity index (χ0n) is 13.4. The Morgan fingerprint density at radius 2 is 2.09 bits per heavy atom. The van der Waals surface area contributed by atoms with Gasteiger partial charge in [-0.15, -0.1) is 12.4 Å². The smallest absolute Gasteiger partial charge is 0.289 e. The predicted molar refractivity (Wildman–Crippen MR) is 88.7 cm³/mol. The Hall–Kier alpha value is -1.11. The van der Waals surface area contributed by atoms with Gasteiger partial charge in [0.2, 0.25) is 5.76 Å². The minimum absolute atomic E-state index is 0. The summed E-state index contributed by atoms with van der Waals surface area (Å²) in [6.07, 6.45) is 2.01. The summed E-state index contributed by atoms with van der Waals surface area (Å²) in [6.45, 7) is 9.88. The first kappa shape index (κ1) is 18.9. The van der Waals surface area contributed by atoms with E-state index >= 15 is 0 Å². The molecule has 0 radical (unpaired) electrons. The maximum absolute atomic E-state index is 12.0. The fourth-order valence-corrected chi connectivity index (χ4v) is 2.64. The lowest BCUT2D eigenvalue weighted by Crippen LogP contribution is -2.46. The third-order valence-corrected chi connectivity index (χ3v) is 4.08. The summed E-state index contributed by atoms with van der Waals surface area (Å²) in [5.41, 5.74) is 0.882. The van der Waals surface area contributed by atoms with Gasteiger partial charge in [-0.1, -0.05) is 19.0 Å². The maximum atomic E-state index is 12.0. The summed E-state index contributed by atoms with van der Waals surface area (Å²) < 4.78 is 5.17. The third-order valence-electron chi connectivity index (χ3n) is 4.08. The van der Waals surface area contributed by atoms with Crippen LogP contribution in [-0.2, 0) is 0 Å². The van der Waals surface area contributed by atoms with Crippen molar-refractivity contribution in [2.75, 3.05) is 39.3 Å². The molecule has 126 valence electrons. The molecule has 0 spiro atoms. The van der Waals surface area contributed by atoms with Crippen molar-refractivity contribution in [2.45, 2.75) is 32.6 Å². The highest BCUT2D eigenvalue weighted by Gasteiger charge is 2.17. The van der Waals surface area contributed by atoms with Crippen molar-refractivity contribution >= 4 is 18.3 Å². The highest BCUT2D eigenvalue weighted by Crippen LogP contribution is 2.22. The number of hydrogen-bond acceptors (Lipinski definition) is 5. The van der Waals surface area contributed by atoms with Crippen molar-refractivity contribution in [3.05, 3.63) is 17.5 Å². The first-order valence-electron chi connectivity index (χ1n) is 7.92. The van der Waals surface area contributed by atoms with Crippen LogP contribution in [0.3, 0.4) is 0 Å². The molecule has 0 unspecified atom stereocenters. The van der Waals surface area contributed by atoms with Gasteiger partial charge in [0.25, 0.3) is 5.91 Å². The second-order valence-corrected chi connectivity index (χ2v) is 5.48. The molecule has 1 saturated heterocycles. The van der Waals surface area contributed by atoms with Crippen molar-refractivity contribution < 1.29 is 9.32 Å². The van der Waals surface area contributed by atoms with Crippen molar-refractivity contribution in [3.63, 3.8) is 0 Å². The van der Waals surface area contributed by atoms with Gasteiger partial charge < -0.3 is 15.2 Å². The molecule has 0 aliphatic carbocycles. The number of carbonyl (C=O) groups is 1. The summed E-state index contributed by atoms with van der Waals surface area (Å²) in [4.78, 5) is 14.4. The van der Waals surface area contributed by atoms with E-state index < -0.39 is 0 Å². The van der Waals surface area contributed by atoms with E-state index in [1.165, 1.54) is 0 Å². The van der Waals surface area contributed by atoms with Gasteiger partial charge in [-0.05, 0) is 12.8 Å². The zero-order chi connectivity index (χ0) is 15.1. The van der Waals surface area contributed by atoms with Gasteiger partial charge in [-0.3, -0.25) is 9.69 Å². The molecular formula is C15H27ClN4O2. The molecule has 7 heteroatoms. The highest BCUT2D eigenvalue weighted by atomic mass is 35.5. The second-order valence-electron chi connectivity index (χ2n) is 5.48. The van der Waals surface area contributed by atoms with Gasteiger partial charge in [-0.25, -0.2) is 0 Å². The molecule has 22 heavy (non-hydrogen) atoms. The Morgan fingerprint density at radius 1 is 1.41 bits per heavy atom. The molecule has 6 nitrogen and oxygen atoms in total. The lowest BCUT2D eigenvalue weighted by atomic mass is 9.99. The van der Waals surface area contributed by atoms with E-state index in [1.54, 1.807) is 6.07 Å². The summed E-state index contributed by atoms with van der Waals surface area (Å²) in [7, 11) is 0. The van der Waals surface area contributed by atoms with Crippen LogP contribution >= 0.6 is 12.4 Å². The van der Waals surface area contributed by atoms with Crippen LogP contribution in [0.1, 0.15) is 48.9 Å². The van der Waals surface area contributed by atoms with Crippen LogP contribution in [0, 0.1) is 0 Å². The zero-order valence-corrected chi connectivity index (χ0v) is 14.2. The molecule has 0 bridgehead atoms. The molecule has 2 N–H and O–H groups in total. The van der Waals surface area contributed by atoms with Crippen LogP contribution < -0.4 is 10.6 Å². The van der Waals surface area contributed by atoms with Gasteiger partial charge in [0.15, 0.2) is 0 Å². The lowest BCUT2D eigenvalue weighted by Gasteiger charge is -2.26. The molecule has 1 amide bonds. The van der Waals surface area contributed by atoms with E-state index in [0.717, 1.165) is 51.3 Å². The molecule has 0 saturated carbocycles. The number of nitrogens with one attached hydrogen (secondary N) is 2. The molecule has 0 atom stereocenters. The van der Waals surface area contributed by atoms with Crippen molar-refractivity contribution in [1.82, 2.24) is 20.7 Å². The number of piperazine rings is 1. The molecule has 1 aromatic rings. The monoisotopic (exact) mass is 330 g/mol. The van der Waals surface area contributed by atoms with Crippen molar-refractivity contribution in [2.24, 2.45) is 0 Å². The topological polar surface area (TPSA) is 70.4 Å². The quantitative estimate of drug-likeness (QED) is 0.795. The van der Waals surface area contributed by atoms with Gasteiger partial charge in [0, 0.05) is 51.3 Å². The maximum Gasteiger partial charge on any atom is 0.289 e. The Morgan fingerprint density at radius 3 is 2.73 bits per heavy atom. The number of aromatic nitrogens is 1. The largest absolute Gasteiger partial charge is 0.351 e. The fraction of sp³-hybridized carbons (Fsp3) is 0.733. The first-order chi connectivity index (χ1) is 10.2. The van der Waals surface area contributed by atoms with E-state index in [9.17, 15) is 4.79 Å². The molecule has 0 aromatic carbocycles. The van der Waals surface area contributed by atoms with Crippen LogP contribution in [0.15, 0.2) is 10.6 Å². The van der Waals surface area contributed by atoms with E-state index in [0.29, 0.717) is 18.2 Å². The molecular weight excluding hydrogens is 304 g/mol. The number of carbonyl (C=O) groups excluding carboxylic acids is 1. The fourth-order valence-electron chi connectivity index (χ4n) is 2.64. The van der Waals surface area contributed by atoms with Crippen LogP contribution in [0.4, 0.5) is 0 Å². The van der Waals surface area contributed by atoms with Crippen LogP contribution in [-0.4, -0.2) is 55.2 Å². The minimum atomic E-state index is -0.171. The van der Waals surface area contributed by atoms with E-state index in [2.05, 4.69) is 34.5 Å². The molecule has 1 aliphatic rings. The number of nitrogens with zero attached hydrogens (tertiary/aromatic N) is 2. The second kappa shape index (κ2) is 9.82. The number of amides is 1. The minimum Gasteiger partial charge on any atom is -0.351 e. The number of halogens is 1. The van der Waals surface area contributed by atoms with Crippen LogP contribution in [0.2, 0.25) is 0 Å². The van der Waals surface area contributed by atoms with Crippen LogP contribution in [0.25, 0.3) is 0 Å². The summed E-state index contributed by atoms with van der Waals surface area (Å²) in [5, 5.41) is 10.2.